The molecule has 0 radical (unpaired) electrons. The van der Waals surface area contributed by atoms with Gasteiger partial charge in [-0.3, -0.25) is 4.79 Å². The van der Waals surface area contributed by atoms with Crippen molar-refractivity contribution in [3.8, 4) is 0 Å². The summed E-state index contributed by atoms with van der Waals surface area (Å²) in [5.74, 6) is 0.388. The van der Waals surface area contributed by atoms with E-state index in [1.165, 1.54) is 12.8 Å². The summed E-state index contributed by atoms with van der Waals surface area (Å²) >= 11 is 0. The van der Waals surface area contributed by atoms with Crippen LogP contribution in [0, 0.1) is 0 Å². The molecule has 0 spiro atoms. The fourth-order valence-electron chi connectivity index (χ4n) is 4.24. The predicted octanol–water partition coefficient (Wildman–Crippen LogP) is 2.14. The third-order valence-electron chi connectivity index (χ3n) is 5.76. The highest BCUT2D eigenvalue weighted by molar-refractivity contribution is 5.89. The molecule has 1 aliphatic carbocycles. The van der Waals surface area contributed by atoms with Gasteiger partial charge in [-0.2, -0.15) is 0 Å². The summed E-state index contributed by atoms with van der Waals surface area (Å²) in [5, 5.41) is 11.2. The van der Waals surface area contributed by atoms with Gasteiger partial charge in [0.05, 0.1) is 5.92 Å². The Morgan fingerprint density at radius 2 is 1.65 bits per heavy atom. The quantitative estimate of drug-likeness (QED) is 0.890. The zero-order chi connectivity index (χ0) is 17.9. The fourth-order valence-corrected chi connectivity index (χ4v) is 4.24. The molecule has 0 aromatic carbocycles. The Hall–Kier alpha value is -2.12. The van der Waals surface area contributed by atoms with E-state index in [-0.39, 0.29) is 23.7 Å². The van der Waals surface area contributed by atoms with Crippen LogP contribution in [0.3, 0.4) is 0 Å². The maximum atomic E-state index is 12.5. The molecule has 1 unspecified atom stereocenters. The first-order chi connectivity index (χ1) is 12.7. The molecule has 3 aliphatic rings. The molecule has 3 fully saturated rings. The highest BCUT2D eigenvalue weighted by Crippen LogP contribution is 2.27. The molecule has 3 heterocycles. The average molecular weight is 361 g/mol. The number of aromatic nitrogens is 2. The molecule has 26 heavy (non-hydrogen) atoms. The molecule has 1 aromatic rings. The predicted molar refractivity (Wildman–Crippen MR) is 93.8 cm³/mol. The number of rotatable bonds is 3. The van der Waals surface area contributed by atoms with E-state index >= 15 is 0 Å². The van der Waals surface area contributed by atoms with E-state index in [9.17, 15) is 9.59 Å². The van der Waals surface area contributed by atoms with Crippen molar-refractivity contribution >= 4 is 11.9 Å². The van der Waals surface area contributed by atoms with E-state index in [4.69, 9.17) is 4.42 Å². The van der Waals surface area contributed by atoms with Crippen molar-refractivity contribution in [1.82, 2.24) is 25.3 Å². The highest BCUT2D eigenvalue weighted by atomic mass is 16.4. The van der Waals surface area contributed by atoms with E-state index in [0.29, 0.717) is 18.5 Å². The number of nitrogens with zero attached hydrogens (tertiary/aromatic N) is 4. The third kappa shape index (κ3) is 3.68. The van der Waals surface area contributed by atoms with E-state index in [0.717, 1.165) is 58.2 Å². The number of amides is 3. The Labute approximate surface area is 153 Å². The van der Waals surface area contributed by atoms with Crippen LogP contribution in [0.25, 0.3) is 0 Å². The number of hydrogen-bond acceptors (Lipinski definition) is 5. The summed E-state index contributed by atoms with van der Waals surface area (Å²) in [5.41, 5.74) is 0. The summed E-state index contributed by atoms with van der Waals surface area (Å²) < 4.78 is 5.69. The van der Waals surface area contributed by atoms with Gasteiger partial charge >= 0.3 is 17.8 Å². The van der Waals surface area contributed by atoms with Gasteiger partial charge in [0.15, 0.2) is 0 Å². The van der Waals surface area contributed by atoms with Gasteiger partial charge in [0.1, 0.15) is 0 Å². The maximum absolute atomic E-state index is 12.5. The second kappa shape index (κ2) is 7.63. The standard InChI is InChI=1S/C18H27N5O3/c24-17(22-9-3-4-10-22)16-21-20-15(26-16)13-6-5-11-23(12-13)18(25)19-14-7-1-2-8-14/h13-14H,1-12H2,(H,19,25). The first-order valence-electron chi connectivity index (χ1n) is 9.89. The first-order valence-corrected chi connectivity index (χ1v) is 9.89. The molecule has 0 bridgehead atoms. The Morgan fingerprint density at radius 1 is 0.923 bits per heavy atom. The normalized spacial score (nSPS) is 24.2. The van der Waals surface area contributed by atoms with Crippen LogP contribution in [-0.2, 0) is 0 Å². The van der Waals surface area contributed by atoms with E-state index < -0.39 is 0 Å². The van der Waals surface area contributed by atoms with Crippen LogP contribution in [0.4, 0.5) is 4.79 Å². The number of carbonyl (C=O) groups is 2. The van der Waals surface area contributed by atoms with Crippen molar-refractivity contribution < 1.29 is 14.0 Å². The van der Waals surface area contributed by atoms with Gasteiger partial charge in [-0.05, 0) is 38.5 Å². The summed E-state index contributed by atoms with van der Waals surface area (Å²) in [4.78, 5) is 28.5. The van der Waals surface area contributed by atoms with Crippen LogP contribution in [0.5, 0.6) is 0 Å². The van der Waals surface area contributed by atoms with Crippen LogP contribution in [0.2, 0.25) is 0 Å². The second-order valence-corrected chi connectivity index (χ2v) is 7.66. The molecule has 142 valence electrons. The van der Waals surface area contributed by atoms with E-state index in [1.54, 1.807) is 4.90 Å². The SMILES string of the molecule is O=C(NC1CCCC1)N1CCCC(c2nnc(C(=O)N3CCCC3)o2)C1. The number of hydrogen-bond donors (Lipinski definition) is 1. The Kier molecular flexibility index (Phi) is 5.08. The number of nitrogens with one attached hydrogen (secondary N) is 1. The summed E-state index contributed by atoms with van der Waals surface area (Å²) in [6.07, 6.45) is 8.41. The zero-order valence-electron chi connectivity index (χ0n) is 15.2. The van der Waals surface area contributed by atoms with Crippen LogP contribution >= 0.6 is 0 Å². The Balaban J connectivity index is 1.36. The molecule has 8 heteroatoms. The van der Waals surface area contributed by atoms with Gasteiger partial charge in [0.25, 0.3) is 0 Å². The van der Waals surface area contributed by atoms with Gasteiger partial charge in [-0.15, -0.1) is 10.2 Å². The van der Waals surface area contributed by atoms with Gasteiger partial charge in [-0.25, -0.2) is 4.79 Å². The van der Waals surface area contributed by atoms with Crippen LogP contribution in [-0.4, -0.2) is 64.2 Å². The number of urea groups is 1. The Morgan fingerprint density at radius 3 is 2.42 bits per heavy atom. The lowest BCUT2D eigenvalue weighted by Gasteiger charge is -2.32. The Bertz CT molecular complexity index is 649. The van der Waals surface area contributed by atoms with Crippen molar-refractivity contribution in [2.75, 3.05) is 26.2 Å². The molecule has 1 atom stereocenters. The number of piperidine rings is 1. The summed E-state index contributed by atoms with van der Waals surface area (Å²) in [6, 6.07) is 0.324. The minimum absolute atomic E-state index is 0.00528. The molecular weight excluding hydrogens is 334 g/mol. The van der Waals surface area contributed by atoms with Gasteiger partial charge in [0.2, 0.25) is 5.89 Å². The summed E-state index contributed by atoms with van der Waals surface area (Å²) in [6.45, 7) is 2.84. The molecule has 8 nitrogen and oxygen atoms in total. The second-order valence-electron chi connectivity index (χ2n) is 7.66. The van der Waals surface area contributed by atoms with Crippen molar-refractivity contribution in [1.29, 1.82) is 0 Å². The maximum Gasteiger partial charge on any atom is 0.317 e. The molecule has 4 rings (SSSR count). The number of carbonyl (C=O) groups excluding carboxylic acids is 2. The van der Waals surface area contributed by atoms with Crippen molar-refractivity contribution in [2.24, 2.45) is 0 Å². The van der Waals surface area contributed by atoms with Gasteiger partial charge in [0, 0.05) is 32.2 Å². The van der Waals surface area contributed by atoms with Crippen LogP contribution < -0.4 is 5.32 Å². The minimum Gasteiger partial charge on any atom is -0.417 e. The van der Waals surface area contributed by atoms with Crippen molar-refractivity contribution in [3.63, 3.8) is 0 Å². The lowest BCUT2D eigenvalue weighted by atomic mass is 9.98. The highest BCUT2D eigenvalue weighted by Gasteiger charge is 2.31. The lowest BCUT2D eigenvalue weighted by Crippen LogP contribution is -2.47. The molecule has 3 amide bonds. The molecule has 1 N–H and O–H groups in total. The third-order valence-corrected chi connectivity index (χ3v) is 5.76. The zero-order valence-corrected chi connectivity index (χ0v) is 15.2. The van der Waals surface area contributed by atoms with Crippen molar-refractivity contribution in [3.05, 3.63) is 11.8 Å². The van der Waals surface area contributed by atoms with Crippen LogP contribution in [0.1, 0.15) is 73.9 Å². The van der Waals surface area contributed by atoms with Crippen LogP contribution in [0.15, 0.2) is 4.42 Å². The topological polar surface area (TPSA) is 91.6 Å². The first kappa shape index (κ1) is 17.3. The summed E-state index contributed by atoms with van der Waals surface area (Å²) in [7, 11) is 0. The molecule has 2 aliphatic heterocycles. The molecule has 1 aromatic heterocycles. The molecular formula is C18H27N5O3. The fraction of sp³-hybridized carbons (Fsp3) is 0.778. The minimum atomic E-state index is -0.173. The lowest BCUT2D eigenvalue weighted by molar-refractivity contribution is 0.0749. The molecule has 1 saturated carbocycles. The van der Waals surface area contributed by atoms with E-state index in [1.807, 2.05) is 4.90 Å². The molecule has 2 saturated heterocycles. The van der Waals surface area contributed by atoms with Crippen molar-refractivity contribution in [2.45, 2.75) is 63.3 Å². The number of likely N-dealkylation sites (tertiary alicyclic amines) is 2. The van der Waals surface area contributed by atoms with Gasteiger partial charge < -0.3 is 19.5 Å². The average Bonchev–Trinajstić information content (AvgIpc) is 3.42. The monoisotopic (exact) mass is 361 g/mol. The largest absolute Gasteiger partial charge is 0.417 e. The smallest absolute Gasteiger partial charge is 0.317 e. The van der Waals surface area contributed by atoms with Gasteiger partial charge in [-0.1, -0.05) is 12.8 Å². The van der Waals surface area contributed by atoms with E-state index in [2.05, 4.69) is 15.5 Å².